The Morgan fingerprint density at radius 3 is 2.78 bits per heavy atom. The van der Waals surface area contributed by atoms with E-state index in [-0.39, 0.29) is 0 Å². The Morgan fingerprint density at radius 2 is 2.17 bits per heavy atom. The highest BCUT2D eigenvalue weighted by atomic mass is 16.5. The number of aliphatic imine (C=N–C) groups is 1. The largest absolute Gasteiger partial charge is 0.385 e. The van der Waals surface area contributed by atoms with Gasteiger partial charge in [-0.15, -0.1) is 0 Å². The lowest BCUT2D eigenvalue weighted by molar-refractivity contribution is 0.115. The Labute approximate surface area is 111 Å². The lowest BCUT2D eigenvalue weighted by Crippen LogP contribution is -2.41. The third kappa shape index (κ3) is 6.81. The van der Waals surface area contributed by atoms with Gasteiger partial charge >= 0.3 is 0 Å². The quantitative estimate of drug-likeness (QED) is 0.380. The van der Waals surface area contributed by atoms with Crippen molar-refractivity contribution in [2.45, 2.75) is 19.3 Å². The van der Waals surface area contributed by atoms with Crippen LogP contribution in [0, 0.1) is 5.92 Å². The molecule has 0 aromatic rings. The van der Waals surface area contributed by atoms with Crippen LogP contribution in [0.3, 0.4) is 0 Å². The summed E-state index contributed by atoms with van der Waals surface area (Å²) in [4.78, 5) is 6.34. The summed E-state index contributed by atoms with van der Waals surface area (Å²) in [5.41, 5.74) is 0. The maximum Gasteiger partial charge on any atom is 0.193 e. The van der Waals surface area contributed by atoms with Gasteiger partial charge in [0.05, 0.1) is 6.61 Å². The molecule has 5 nitrogen and oxygen atoms in total. The van der Waals surface area contributed by atoms with Gasteiger partial charge in [-0.05, 0) is 25.2 Å². The van der Waals surface area contributed by atoms with Crippen molar-refractivity contribution >= 4 is 5.96 Å². The summed E-state index contributed by atoms with van der Waals surface area (Å²) < 4.78 is 10.6. The summed E-state index contributed by atoms with van der Waals surface area (Å²) in [5, 5.41) is 3.31. The molecule has 0 amide bonds. The van der Waals surface area contributed by atoms with E-state index in [1.54, 1.807) is 14.2 Å². The van der Waals surface area contributed by atoms with Gasteiger partial charge in [0.15, 0.2) is 5.96 Å². The van der Waals surface area contributed by atoms with Gasteiger partial charge in [-0.2, -0.15) is 0 Å². The third-order valence-electron chi connectivity index (χ3n) is 3.00. The smallest absolute Gasteiger partial charge is 0.193 e. The molecule has 0 radical (unpaired) electrons. The number of rotatable bonds is 9. The second-order valence-electron chi connectivity index (χ2n) is 4.76. The molecule has 5 heteroatoms. The number of ether oxygens (including phenoxy) is 2. The molecular formula is C13H27N3O2. The minimum Gasteiger partial charge on any atom is -0.385 e. The molecule has 1 rings (SSSR count). The number of guanidine groups is 1. The van der Waals surface area contributed by atoms with Crippen LogP contribution in [0.4, 0.5) is 0 Å². The van der Waals surface area contributed by atoms with E-state index in [0.717, 1.165) is 51.2 Å². The highest BCUT2D eigenvalue weighted by Crippen LogP contribution is 2.28. The number of nitrogens with one attached hydrogen (secondary N) is 1. The first-order valence-corrected chi connectivity index (χ1v) is 6.76. The van der Waals surface area contributed by atoms with Crippen molar-refractivity contribution in [2.75, 3.05) is 54.1 Å². The van der Waals surface area contributed by atoms with E-state index < -0.39 is 0 Å². The lowest BCUT2D eigenvalue weighted by atomic mass is 10.4. The fourth-order valence-electron chi connectivity index (χ4n) is 1.64. The van der Waals surface area contributed by atoms with Crippen LogP contribution in [0.25, 0.3) is 0 Å². The van der Waals surface area contributed by atoms with Crippen LogP contribution < -0.4 is 5.32 Å². The number of hydrogen-bond acceptors (Lipinski definition) is 3. The van der Waals surface area contributed by atoms with Gasteiger partial charge < -0.3 is 19.7 Å². The Balaban J connectivity index is 2.05. The fraction of sp³-hybridized carbons (Fsp3) is 0.923. The van der Waals surface area contributed by atoms with Crippen molar-refractivity contribution < 1.29 is 9.47 Å². The van der Waals surface area contributed by atoms with E-state index in [0.29, 0.717) is 0 Å². The molecule has 1 N–H and O–H groups in total. The number of methoxy groups -OCH3 is 1. The molecule has 0 saturated heterocycles. The molecular weight excluding hydrogens is 230 g/mol. The van der Waals surface area contributed by atoms with Crippen LogP contribution in [-0.4, -0.2) is 65.0 Å². The molecule has 0 spiro atoms. The van der Waals surface area contributed by atoms with Crippen molar-refractivity contribution in [3.63, 3.8) is 0 Å². The third-order valence-corrected chi connectivity index (χ3v) is 3.00. The monoisotopic (exact) mass is 257 g/mol. The Bertz CT molecular complexity index is 242. The van der Waals surface area contributed by atoms with Crippen molar-refractivity contribution in [3.8, 4) is 0 Å². The minimum absolute atomic E-state index is 0.770. The summed E-state index contributed by atoms with van der Waals surface area (Å²) in [6, 6.07) is 0. The van der Waals surface area contributed by atoms with E-state index in [4.69, 9.17) is 9.47 Å². The summed E-state index contributed by atoms with van der Waals surface area (Å²) in [6.07, 6.45) is 3.68. The zero-order valence-corrected chi connectivity index (χ0v) is 11.9. The maximum atomic E-state index is 5.62. The molecule has 106 valence electrons. The highest BCUT2D eigenvalue weighted by molar-refractivity contribution is 5.79. The summed E-state index contributed by atoms with van der Waals surface area (Å²) >= 11 is 0. The Morgan fingerprint density at radius 1 is 1.39 bits per heavy atom. The molecule has 0 aromatic heterocycles. The summed E-state index contributed by atoms with van der Waals surface area (Å²) in [7, 11) is 5.56. The number of likely N-dealkylation sites (N-methyl/N-ethyl adjacent to an activating group) is 1. The van der Waals surface area contributed by atoms with Gasteiger partial charge in [0.1, 0.15) is 0 Å². The summed E-state index contributed by atoms with van der Waals surface area (Å²) in [5.74, 6) is 1.75. The standard InChI is InChI=1S/C13H27N3O2/c1-14-13(15-7-4-9-17-3)16(2)8-10-18-11-12-5-6-12/h12H,4-11H2,1-3H3,(H,14,15). The van der Waals surface area contributed by atoms with Crippen LogP contribution >= 0.6 is 0 Å². The predicted octanol–water partition coefficient (Wildman–Crippen LogP) is 0.957. The molecule has 1 aliphatic rings. The first-order valence-electron chi connectivity index (χ1n) is 6.76. The van der Waals surface area contributed by atoms with E-state index in [2.05, 4.69) is 15.2 Å². The average Bonchev–Trinajstić information content (AvgIpc) is 3.18. The maximum absolute atomic E-state index is 5.62. The molecule has 1 fully saturated rings. The molecule has 0 bridgehead atoms. The van der Waals surface area contributed by atoms with Gasteiger partial charge in [-0.25, -0.2) is 0 Å². The highest BCUT2D eigenvalue weighted by Gasteiger charge is 2.21. The SMILES string of the molecule is CN=C(NCCCOC)N(C)CCOCC1CC1. The summed E-state index contributed by atoms with van der Waals surface area (Å²) in [6.45, 7) is 4.22. The van der Waals surface area contributed by atoms with E-state index in [1.165, 1.54) is 12.8 Å². The zero-order valence-electron chi connectivity index (χ0n) is 11.9. The molecule has 0 aliphatic heterocycles. The van der Waals surface area contributed by atoms with Crippen molar-refractivity contribution in [2.24, 2.45) is 10.9 Å². The van der Waals surface area contributed by atoms with E-state index in [1.807, 2.05) is 7.05 Å². The van der Waals surface area contributed by atoms with Crippen molar-refractivity contribution in [1.29, 1.82) is 0 Å². The van der Waals surface area contributed by atoms with Gasteiger partial charge in [0, 0.05) is 47.5 Å². The minimum atomic E-state index is 0.770. The zero-order chi connectivity index (χ0) is 13.2. The number of hydrogen-bond donors (Lipinski definition) is 1. The molecule has 0 unspecified atom stereocenters. The fourth-order valence-corrected chi connectivity index (χ4v) is 1.64. The molecule has 0 atom stereocenters. The first kappa shape index (κ1) is 15.2. The van der Waals surface area contributed by atoms with Crippen LogP contribution in [0.15, 0.2) is 4.99 Å². The Kier molecular flexibility index (Phi) is 7.76. The topological polar surface area (TPSA) is 46.1 Å². The van der Waals surface area contributed by atoms with Gasteiger partial charge in [-0.1, -0.05) is 0 Å². The van der Waals surface area contributed by atoms with Crippen molar-refractivity contribution in [3.05, 3.63) is 0 Å². The van der Waals surface area contributed by atoms with Crippen molar-refractivity contribution in [1.82, 2.24) is 10.2 Å². The molecule has 1 saturated carbocycles. The predicted molar refractivity (Wildman–Crippen MR) is 74.0 cm³/mol. The number of nitrogens with zero attached hydrogens (tertiary/aromatic N) is 2. The molecule has 18 heavy (non-hydrogen) atoms. The van der Waals surface area contributed by atoms with Crippen LogP contribution in [-0.2, 0) is 9.47 Å². The normalized spacial score (nSPS) is 15.8. The van der Waals surface area contributed by atoms with Gasteiger partial charge in [-0.3, -0.25) is 4.99 Å². The van der Waals surface area contributed by atoms with E-state index >= 15 is 0 Å². The van der Waals surface area contributed by atoms with Crippen LogP contribution in [0.1, 0.15) is 19.3 Å². The second-order valence-corrected chi connectivity index (χ2v) is 4.76. The Hall–Kier alpha value is -0.810. The molecule has 1 aliphatic carbocycles. The lowest BCUT2D eigenvalue weighted by Gasteiger charge is -2.22. The van der Waals surface area contributed by atoms with Crippen LogP contribution in [0.2, 0.25) is 0 Å². The van der Waals surface area contributed by atoms with Gasteiger partial charge in [0.2, 0.25) is 0 Å². The van der Waals surface area contributed by atoms with E-state index in [9.17, 15) is 0 Å². The second kappa shape index (κ2) is 9.16. The van der Waals surface area contributed by atoms with Gasteiger partial charge in [0.25, 0.3) is 0 Å². The average molecular weight is 257 g/mol. The van der Waals surface area contributed by atoms with Crippen LogP contribution in [0.5, 0.6) is 0 Å². The first-order chi connectivity index (χ1) is 8.77. The molecule has 0 aromatic carbocycles. The molecule has 0 heterocycles.